The first-order valence-electron chi connectivity index (χ1n) is 10.2. The highest BCUT2D eigenvalue weighted by molar-refractivity contribution is 7.87. The molecule has 1 aliphatic heterocycles. The molecule has 2 aromatic rings. The summed E-state index contributed by atoms with van der Waals surface area (Å²) in [6.07, 6.45) is 1.58. The average Bonchev–Trinajstić information content (AvgIpc) is 3.16. The van der Waals surface area contributed by atoms with Crippen LogP contribution in [0, 0.1) is 25.6 Å². The maximum absolute atomic E-state index is 14.8. The van der Waals surface area contributed by atoms with Crippen LogP contribution >= 0.6 is 0 Å². The Balaban J connectivity index is 1.95. The van der Waals surface area contributed by atoms with E-state index < -0.39 is 33.7 Å². The fraction of sp³-hybridized carbons (Fsp3) is 0.600. The van der Waals surface area contributed by atoms with Crippen molar-refractivity contribution in [3.8, 4) is 0 Å². The number of hydrogen-bond donors (Lipinski definition) is 2. The fourth-order valence-electron chi connectivity index (χ4n) is 4.12. The van der Waals surface area contributed by atoms with Crippen LogP contribution in [0.2, 0.25) is 0 Å². The lowest BCUT2D eigenvalue weighted by molar-refractivity contribution is 0.118. The van der Waals surface area contributed by atoms with E-state index in [0.717, 1.165) is 12.0 Å². The Morgan fingerprint density at radius 3 is 2.81 bits per heavy atom. The lowest BCUT2D eigenvalue weighted by atomic mass is 9.88. The topological polar surface area (TPSA) is 118 Å². The van der Waals surface area contributed by atoms with Crippen LogP contribution in [-0.4, -0.2) is 49.7 Å². The summed E-state index contributed by atoms with van der Waals surface area (Å²) in [6, 6.07) is 1.93. The van der Waals surface area contributed by atoms with Crippen molar-refractivity contribution >= 4 is 10.2 Å². The van der Waals surface area contributed by atoms with E-state index in [1.165, 1.54) is 10.4 Å². The molecule has 0 aliphatic carbocycles. The monoisotopic (exact) mass is 456 g/mol. The smallest absolute Gasteiger partial charge is 0.391 e. The van der Waals surface area contributed by atoms with Crippen LogP contribution in [0.1, 0.15) is 54.3 Å². The zero-order chi connectivity index (χ0) is 22.8. The number of benzene rings is 1. The van der Waals surface area contributed by atoms with Gasteiger partial charge in [0.15, 0.2) is 0 Å². The minimum absolute atomic E-state index is 0.0889. The van der Waals surface area contributed by atoms with Gasteiger partial charge in [0.2, 0.25) is 5.89 Å². The van der Waals surface area contributed by atoms with E-state index in [4.69, 9.17) is 9.15 Å². The highest BCUT2D eigenvalue weighted by Crippen LogP contribution is 2.35. The molecule has 2 N–H and O–H groups in total. The van der Waals surface area contributed by atoms with Crippen molar-refractivity contribution in [1.29, 1.82) is 0 Å². The molecule has 31 heavy (non-hydrogen) atoms. The fourth-order valence-corrected chi connectivity index (χ4v) is 5.67. The Hall–Kier alpha value is -2.08. The second-order valence-electron chi connectivity index (χ2n) is 8.07. The molecule has 1 aromatic heterocycles. The van der Waals surface area contributed by atoms with E-state index in [0.29, 0.717) is 37.2 Å². The summed E-state index contributed by atoms with van der Waals surface area (Å²) in [5.74, 6) is -2.03. The van der Waals surface area contributed by atoms with Crippen LogP contribution in [0.4, 0.5) is 4.39 Å². The third-order valence-electron chi connectivity index (χ3n) is 5.91. The quantitative estimate of drug-likeness (QED) is 0.629. The number of halogens is 1. The number of aryl methyl sites for hydroxylation is 1. The van der Waals surface area contributed by atoms with Gasteiger partial charge in [-0.15, -0.1) is 5.10 Å². The largest absolute Gasteiger partial charge is 0.434 e. The van der Waals surface area contributed by atoms with Crippen molar-refractivity contribution in [2.45, 2.75) is 45.6 Å². The number of aromatic nitrogens is 2. The van der Waals surface area contributed by atoms with Crippen LogP contribution in [0.3, 0.4) is 0 Å². The molecule has 3 rings (SSSR count). The van der Waals surface area contributed by atoms with E-state index in [2.05, 4.69) is 14.9 Å². The predicted molar refractivity (Wildman–Crippen MR) is 112 cm³/mol. The van der Waals surface area contributed by atoms with E-state index in [9.17, 15) is 17.6 Å². The molecule has 172 valence electrons. The van der Waals surface area contributed by atoms with Gasteiger partial charge in [0, 0.05) is 26.1 Å². The van der Waals surface area contributed by atoms with Crippen molar-refractivity contribution < 1.29 is 22.0 Å². The Kier molecular flexibility index (Phi) is 7.30. The molecule has 0 radical (unpaired) electrons. The number of aromatic amines is 1. The summed E-state index contributed by atoms with van der Waals surface area (Å²) in [5.41, 5.74) is 1.91. The van der Waals surface area contributed by atoms with Crippen LogP contribution in [-0.2, 0) is 14.9 Å². The van der Waals surface area contributed by atoms with Gasteiger partial charge in [0.05, 0.1) is 6.61 Å². The standard InChI is InChI=1S/C20H29FN4O5S/c1-12-7-8-16(21)17(13(12)2)14(3)18(19-22-23-20(26)30-19)24-31(27,28)25-9-5-6-15(10-25)11-29-4/h7-8,14-15,18,24H,5-6,9-11H2,1-4H3,(H,23,26)/t14-,15?,18+/m1/s1. The predicted octanol–water partition coefficient (Wildman–Crippen LogP) is 2.16. The molecular weight excluding hydrogens is 427 g/mol. The van der Waals surface area contributed by atoms with Crippen molar-refractivity contribution in [2.75, 3.05) is 26.8 Å². The van der Waals surface area contributed by atoms with Crippen LogP contribution < -0.4 is 10.5 Å². The summed E-state index contributed by atoms with van der Waals surface area (Å²) in [4.78, 5) is 11.6. The Bertz CT molecular complexity index is 1070. The molecule has 1 aromatic carbocycles. The molecule has 0 spiro atoms. The molecule has 1 aliphatic rings. The zero-order valence-electron chi connectivity index (χ0n) is 18.1. The molecule has 0 amide bonds. The van der Waals surface area contributed by atoms with Crippen molar-refractivity contribution in [1.82, 2.24) is 19.2 Å². The number of nitrogens with one attached hydrogen (secondary N) is 2. The third kappa shape index (κ3) is 5.22. The van der Waals surface area contributed by atoms with E-state index in [1.54, 1.807) is 27.0 Å². The van der Waals surface area contributed by atoms with Crippen LogP contribution in [0.25, 0.3) is 0 Å². The van der Waals surface area contributed by atoms with Crippen LogP contribution in [0.15, 0.2) is 21.3 Å². The molecule has 1 unspecified atom stereocenters. The maximum atomic E-state index is 14.8. The van der Waals surface area contributed by atoms with Gasteiger partial charge in [-0.2, -0.15) is 17.4 Å². The van der Waals surface area contributed by atoms with Gasteiger partial charge in [-0.05, 0) is 55.4 Å². The van der Waals surface area contributed by atoms with Gasteiger partial charge in [-0.25, -0.2) is 14.3 Å². The number of rotatable bonds is 8. The Labute approximate surface area is 181 Å². The van der Waals surface area contributed by atoms with Crippen LogP contribution in [0.5, 0.6) is 0 Å². The van der Waals surface area contributed by atoms with E-state index >= 15 is 0 Å². The molecule has 0 bridgehead atoms. The summed E-state index contributed by atoms with van der Waals surface area (Å²) in [6.45, 7) is 6.44. The van der Waals surface area contributed by atoms with Crippen molar-refractivity contribution in [3.05, 3.63) is 51.1 Å². The van der Waals surface area contributed by atoms with E-state index in [1.807, 2.05) is 6.92 Å². The van der Waals surface area contributed by atoms with Gasteiger partial charge in [-0.1, -0.05) is 13.0 Å². The SMILES string of the molecule is COCC1CCCN(S(=O)(=O)N[C@H](c2n[nH]c(=O)o2)[C@H](C)c2c(F)ccc(C)c2C)C1. The first-order valence-corrected chi connectivity index (χ1v) is 11.7. The number of ether oxygens (including phenoxy) is 1. The summed E-state index contributed by atoms with van der Waals surface area (Å²) in [7, 11) is -2.39. The maximum Gasteiger partial charge on any atom is 0.434 e. The lowest BCUT2D eigenvalue weighted by Crippen LogP contribution is -2.48. The zero-order valence-corrected chi connectivity index (χ0v) is 19.0. The molecular formula is C20H29FN4O5S. The lowest BCUT2D eigenvalue weighted by Gasteiger charge is -2.33. The third-order valence-corrected chi connectivity index (χ3v) is 7.47. The van der Waals surface area contributed by atoms with Crippen molar-refractivity contribution in [3.63, 3.8) is 0 Å². The second kappa shape index (κ2) is 9.60. The van der Waals surface area contributed by atoms with Gasteiger partial charge in [0.25, 0.3) is 10.2 Å². The highest BCUT2D eigenvalue weighted by Gasteiger charge is 2.36. The minimum Gasteiger partial charge on any atom is -0.391 e. The Morgan fingerprint density at radius 2 is 2.16 bits per heavy atom. The van der Waals surface area contributed by atoms with Gasteiger partial charge in [-0.3, -0.25) is 0 Å². The molecule has 11 heteroatoms. The molecule has 0 saturated carbocycles. The number of hydrogen-bond acceptors (Lipinski definition) is 6. The normalized spacial score (nSPS) is 20.0. The van der Waals surface area contributed by atoms with E-state index in [-0.39, 0.29) is 11.8 Å². The molecule has 3 atom stereocenters. The summed E-state index contributed by atoms with van der Waals surface area (Å²) >= 11 is 0. The second-order valence-corrected chi connectivity index (χ2v) is 9.77. The number of piperidine rings is 1. The average molecular weight is 457 g/mol. The molecule has 2 heterocycles. The first kappa shape index (κ1) is 23.6. The molecule has 9 nitrogen and oxygen atoms in total. The number of methoxy groups -OCH3 is 1. The number of H-pyrrole nitrogens is 1. The first-order chi connectivity index (χ1) is 14.6. The van der Waals surface area contributed by atoms with Gasteiger partial charge >= 0.3 is 5.76 Å². The summed E-state index contributed by atoms with van der Waals surface area (Å²) in [5, 5.41) is 5.98. The van der Waals surface area contributed by atoms with Gasteiger partial charge < -0.3 is 9.15 Å². The van der Waals surface area contributed by atoms with Crippen molar-refractivity contribution in [2.24, 2.45) is 5.92 Å². The summed E-state index contributed by atoms with van der Waals surface area (Å²) < 4.78 is 55.4. The minimum atomic E-state index is -3.97. The highest BCUT2D eigenvalue weighted by atomic mass is 32.2. The molecule has 1 fully saturated rings. The molecule has 1 saturated heterocycles. The Morgan fingerprint density at radius 1 is 1.42 bits per heavy atom. The number of nitrogens with zero attached hydrogens (tertiary/aromatic N) is 2. The van der Waals surface area contributed by atoms with Gasteiger partial charge in [0.1, 0.15) is 11.9 Å².